The largest absolute Gasteiger partial charge is 0.497 e. The summed E-state index contributed by atoms with van der Waals surface area (Å²) in [5, 5.41) is 0. The summed E-state index contributed by atoms with van der Waals surface area (Å²) >= 11 is 12.7. The molecule has 3 heterocycles. The number of sulfonamides is 1. The summed E-state index contributed by atoms with van der Waals surface area (Å²) in [7, 11) is -2.29. The van der Waals surface area contributed by atoms with Gasteiger partial charge in [0, 0.05) is 18.3 Å². The molecule has 0 unspecified atom stereocenters. The third kappa shape index (κ3) is 4.33. The SMILES string of the molecule is COc1cc(CNS(=O)(=O)c2cc(Cl)sc2Cl)nc(-c2ccccn2)c1. The maximum absolute atomic E-state index is 12.4. The van der Waals surface area contributed by atoms with Crippen LogP contribution in [-0.2, 0) is 16.6 Å². The Labute approximate surface area is 164 Å². The van der Waals surface area contributed by atoms with E-state index >= 15 is 0 Å². The minimum atomic E-state index is -3.82. The second kappa shape index (κ2) is 7.89. The van der Waals surface area contributed by atoms with Gasteiger partial charge in [-0.2, -0.15) is 0 Å². The molecule has 1 N–H and O–H groups in total. The average Bonchev–Trinajstić information content (AvgIpc) is 2.99. The number of pyridine rings is 2. The van der Waals surface area contributed by atoms with Crippen molar-refractivity contribution >= 4 is 44.6 Å². The van der Waals surface area contributed by atoms with Gasteiger partial charge in [0.05, 0.1) is 35.1 Å². The molecule has 0 aliphatic carbocycles. The maximum Gasteiger partial charge on any atom is 0.243 e. The Balaban J connectivity index is 1.87. The summed E-state index contributed by atoms with van der Waals surface area (Å²) in [6, 6.07) is 10.1. The van der Waals surface area contributed by atoms with E-state index in [0.717, 1.165) is 11.3 Å². The molecule has 136 valence electrons. The number of nitrogens with one attached hydrogen (secondary N) is 1. The van der Waals surface area contributed by atoms with Gasteiger partial charge in [-0.3, -0.25) is 4.98 Å². The van der Waals surface area contributed by atoms with Gasteiger partial charge in [0.2, 0.25) is 10.0 Å². The first kappa shape index (κ1) is 19.1. The number of aromatic nitrogens is 2. The molecule has 3 aromatic heterocycles. The van der Waals surface area contributed by atoms with Crippen molar-refractivity contribution < 1.29 is 13.2 Å². The lowest BCUT2D eigenvalue weighted by atomic mass is 10.2. The molecule has 0 amide bonds. The van der Waals surface area contributed by atoms with E-state index in [2.05, 4.69) is 14.7 Å². The molecule has 0 spiro atoms. The first-order valence-corrected chi connectivity index (χ1v) is 10.4. The molecule has 3 rings (SSSR count). The fraction of sp³-hybridized carbons (Fsp3) is 0.125. The fourth-order valence-corrected chi connectivity index (χ4v) is 5.32. The molecule has 26 heavy (non-hydrogen) atoms. The van der Waals surface area contributed by atoms with Crippen LogP contribution in [0, 0.1) is 0 Å². The highest BCUT2D eigenvalue weighted by Crippen LogP contribution is 2.34. The van der Waals surface area contributed by atoms with Crippen molar-refractivity contribution in [2.24, 2.45) is 0 Å². The highest BCUT2D eigenvalue weighted by Gasteiger charge is 2.21. The zero-order valence-electron chi connectivity index (χ0n) is 13.4. The van der Waals surface area contributed by atoms with Crippen molar-refractivity contribution in [2.75, 3.05) is 7.11 Å². The molecular weight excluding hydrogens is 417 g/mol. The van der Waals surface area contributed by atoms with Crippen LogP contribution in [0.2, 0.25) is 8.67 Å². The van der Waals surface area contributed by atoms with Crippen LogP contribution in [0.5, 0.6) is 5.75 Å². The van der Waals surface area contributed by atoms with Crippen LogP contribution >= 0.6 is 34.5 Å². The smallest absolute Gasteiger partial charge is 0.243 e. The van der Waals surface area contributed by atoms with E-state index in [9.17, 15) is 8.42 Å². The number of rotatable bonds is 6. The monoisotopic (exact) mass is 429 g/mol. The Kier molecular flexibility index (Phi) is 5.79. The van der Waals surface area contributed by atoms with Gasteiger partial charge in [0.1, 0.15) is 15.0 Å². The van der Waals surface area contributed by atoms with Gasteiger partial charge in [-0.1, -0.05) is 29.3 Å². The van der Waals surface area contributed by atoms with E-state index in [1.807, 2.05) is 12.1 Å². The minimum absolute atomic E-state index is 0.0385. The van der Waals surface area contributed by atoms with E-state index in [0.29, 0.717) is 27.2 Å². The third-order valence-corrected chi connectivity index (χ3v) is 6.53. The van der Waals surface area contributed by atoms with Crippen molar-refractivity contribution in [1.29, 1.82) is 0 Å². The van der Waals surface area contributed by atoms with Gasteiger partial charge in [0.25, 0.3) is 0 Å². The predicted octanol–water partition coefficient (Wildman–Crippen LogP) is 4.00. The number of hydrogen-bond acceptors (Lipinski definition) is 6. The van der Waals surface area contributed by atoms with Crippen LogP contribution in [0.4, 0.5) is 0 Å². The molecule has 0 saturated heterocycles. The van der Waals surface area contributed by atoms with Crippen LogP contribution in [0.25, 0.3) is 11.4 Å². The van der Waals surface area contributed by atoms with Crippen LogP contribution in [0.1, 0.15) is 5.69 Å². The highest BCUT2D eigenvalue weighted by molar-refractivity contribution is 7.89. The van der Waals surface area contributed by atoms with E-state index in [4.69, 9.17) is 27.9 Å². The van der Waals surface area contributed by atoms with E-state index in [-0.39, 0.29) is 15.8 Å². The normalized spacial score (nSPS) is 11.5. The van der Waals surface area contributed by atoms with Gasteiger partial charge in [0.15, 0.2) is 0 Å². The Morgan fingerprint density at radius 3 is 2.62 bits per heavy atom. The Bertz CT molecular complexity index is 1020. The molecule has 0 atom stereocenters. The number of hydrogen-bond donors (Lipinski definition) is 1. The standard InChI is InChI=1S/C16H13Cl2N3O3S2/c1-24-11-6-10(21-13(7-11)12-4-2-3-5-19-12)9-20-26(22,23)14-8-15(17)25-16(14)18/h2-8,20H,9H2,1H3. The second-order valence-electron chi connectivity index (χ2n) is 5.11. The molecule has 3 aromatic rings. The Hall–Kier alpha value is -1.71. The number of halogens is 2. The first-order chi connectivity index (χ1) is 12.4. The van der Waals surface area contributed by atoms with Crippen molar-refractivity contribution in [3.8, 4) is 17.1 Å². The highest BCUT2D eigenvalue weighted by atomic mass is 35.5. The van der Waals surface area contributed by atoms with Gasteiger partial charge in [-0.05, 0) is 18.2 Å². The number of methoxy groups -OCH3 is 1. The van der Waals surface area contributed by atoms with Gasteiger partial charge < -0.3 is 4.74 Å². The van der Waals surface area contributed by atoms with Crippen LogP contribution < -0.4 is 9.46 Å². The van der Waals surface area contributed by atoms with Gasteiger partial charge in [-0.15, -0.1) is 11.3 Å². The number of thiophene rings is 1. The lowest BCUT2D eigenvalue weighted by molar-refractivity contribution is 0.413. The van der Waals surface area contributed by atoms with E-state index in [1.54, 1.807) is 24.4 Å². The summed E-state index contributed by atoms with van der Waals surface area (Å²) in [6.07, 6.45) is 1.65. The summed E-state index contributed by atoms with van der Waals surface area (Å²) in [4.78, 5) is 8.65. The van der Waals surface area contributed by atoms with E-state index < -0.39 is 10.0 Å². The first-order valence-electron chi connectivity index (χ1n) is 7.30. The van der Waals surface area contributed by atoms with Gasteiger partial charge >= 0.3 is 0 Å². The lowest BCUT2D eigenvalue weighted by Gasteiger charge is -2.09. The van der Waals surface area contributed by atoms with E-state index in [1.165, 1.54) is 13.2 Å². The summed E-state index contributed by atoms with van der Waals surface area (Å²) < 4.78 is 33.0. The fourth-order valence-electron chi connectivity index (χ4n) is 2.17. The summed E-state index contributed by atoms with van der Waals surface area (Å²) in [5.74, 6) is 0.548. The molecule has 0 saturated carbocycles. The van der Waals surface area contributed by atoms with Crippen molar-refractivity contribution in [1.82, 2.24) is 14.7 Å². The Morgan fingerprint density at radius 1 is 1.19 bits per heavy atom. The zero-order valence-corrected chi connectivity index (χ0v) is 16.6. The van der Waals surface area contributed by atoms with Crippen LogP contribution in [-0.4, -0.2) is 25.5 Å². The molecule has 0 aliphatic rings. The number of nitrogens with zero attached hydrogens (tertiary/aromatic N) is 2. The lowest BCUT2D eigenvalue weighted by Crippen LogP contribution is -2.23. The second-order valence-corrected chi connectivity index (χ2v) is 9.13. The molecule has 0 fully saturated rings. The van der Waals surface area contributed by atoms with Crippen LogP contribution in [0.15, 0.2) is 47.5 Å². The molecule has 0 aliphatic heterocycles. The minimum Gasteiger partial charge on any atom is -0.497 e. The Morgan fingerprint density at radius 2 is 2.00 bits per heavy atom. The molecular formula is C16H13Cl2N3O3S2. The molecule has 6 nitrogen and oxygen atoms in total. The maximum atomic E-state index is 12.4. The quantitative estimate of drug-likeness (QED) is 0.640. The predicted molar refractivity (Wildman–Crippen MR) is 102 cm³/mol. The van der Waals surface area contributed by atoms with Crippen molar-refractivity contribution in [3.63, 3.8) is 0 Å². The molecule has 0 aromatic carbocycles. The summed E-state index contributed by atoms with van der Waals surface area (Å²) in [5.41, 5.74) is 1.71. The topological polar surface area (TPSA) is 81.2 Å². The van der Waals surface area contributed by atoms with Crippen LogP contribution in [0.3, 0.4) is 0 Å². The van der Waals surface area contributed by atoms with Crippen molar-refractivity contribution in [3.05, 3.63) is 57.0 Å². The summed E-state index contributed by atoms with van der Waals surface area (Å²) in [6.45, 7) is -0.0385. The third-order valence-electron chi connectivity index (χ3n) is 3.37. The zero-order chi connectivity index (χ0) is 18.7. The average molecular weight is 430 g/mol. The molecule has 0 bridgehead atoms. The molecule has 0 radical (unpaired) electrons. The number of ether oxygens (including phenoxy) is 1. The van der Waals surface area contributed by atoms with Gasteiger partial charge in [-0.25, -0.2) is 18.1 Å². The molecule has 10 heteroatoms. The van der Waals surface area contributed by atoms with Crippen molar-refractivity contribution in [2.45, 2.75) is 11.4 Å².